The predicted octanol–water partition coefficient (Wildman–Crippen LogP) is 3.36. The van der Waals surface area contributed by atoms with Crippen molar-refractivity contribution in [3.63, 3.8) is 0 Å². The molecule has 0 aliphatic carbocycles. The number of aryl methyl sites for hydroxylation is 1. The zero-order chi connectivity index (χ0) is 24.6. The van der Waals surface area contributed by atoms with Crippen LogP contribution in [0.1, 0.15) is 18.4 Å². The second kappa shape index (κ2) is 9.75. The largest absolute Gasteiger partial charge is 0.497 e. The maximum absolute atomic E-state index is 13.3. The van der Waals surface area contributed by atoms with Gasteiger partial charge in [0.1, 0.15) is 5.75 Å². The molecule has 0 N–H and O–H groups in total. The van der Waals surface area contributed by atoms with E-state index in [1.807, 2.05) is 30.0 Å². The first kappa shape index (κ1) is 24.0. The molecule has 0 bridgehead atoms. The highest BCUT2D eigenvalue weighted by Crippen LogP contribution is 2.32. The highest BCUT2D eigenvalue weighted by atomic mass is 32.2. The van der Waals surface area contributed by atoms with Gasteiger partial charge < -0.3 is 14.5 Å². The van der Waals surface area contributed by atoms with Crippen molar-refractivity contribution < 1.29 is 17.9 Å². The number of hydrogen-bond acceptors (Lipinski definition) is 7. The first-order valence-corrected chi connectivity index (χ1v) is 14.2. The Labute approximate surface area is 210 Å². The molecule has 0 spiro atoms. The number of anilines is 1. The Hall–Kier alpha value is -2.69. The van der Waals surface area contributed by atoms with E-state index >= 15 is 0 Å². The van der Waals surface area contributed by atoms with Crippen molar-refractivity contribution in [2.45, 2.75) is 24.7 Å². The minimum absolute atomic E-state index is 0.0579. The molecule has 2 aliphatic heterocycles. The number of methoxy groups -OCH3 is 1. The minimum atomic E-state index is -3.60. The molecule has 1 amide bonds. The monoisotopic (exact) mass is 514 g/mol. The van der Waals surface area contributed by atoms with Crippen LogP contribution in [0.3, 0.4) is 0 Å². The number of fused-ring (bicyclic) bond motifs is 1. The summed E-state index contributed by atoms with van der Waals surface area (Å²) in [7, 11) is -1.94. The number of thiazole rings is 1. The third-order valence-corrected chi connectivity index (χ3v) is 9.80. The lowest BCUT2D eigenvalue weighted by Crippen LogP contribution is -2.53. The molecule has 3 heterocycles. The number of rotatable bonds is 5. The van der Waals surface area contributed by atoms with Crippen LogP contribution in [0.15, 0.2) is 47.4 Å². The summed E-state index contributed by atoms with van der Waals surface area (Å²) >= 11 is 1.63. The molecule has 2 fully saturated rings. The van der Waals surface area contributed by atoms with Crippen LogP contribution >= 0.6 is 11.3 Å². The van der Waals surface area contributed by atoms with Crippen LogP contribution in [-0.2, 0) is 14.8 Å². The van der Waals surface area contributed by atoms with Crippen molar-refractivity contribution in [2.24, 2.45) is 5.92 Å². The molecule has 0 radical (unpaired) electrons. The molecule has 2 saturated heterocycles. The molecule has 2 aromatic carbocycles. The fourth-order valence-electron chi connectivity index (χ4n) is 4.75. The number of piperazine rings is 1. The predicted molar refractivity (Wildman–Crippen MR) is 138 cm³/mol. The van der Waals surface area contributed by atoms with E-state index in [2.05, 4.69) is 4.90 Å². The van der Waals surface area contributed by atoms with E-state index in [4.69, 9.17) is 9.72 Å². The molecule has 5 rings (SSSR count). The zero-order valence-corrected chi connectivity index (χ0v) is 21.6. The fourth-order valence-corrected chi connectivity index (χ4v) is 7.32. The van der Waals surface area contributed by atoms with Crippen molar-refractivity contribution in [1.82, 2.24) is 14.2 Å². The van der Waals surface area contributed by atoms with E-state index in [1.165, 1.54) is 4.31 Å². The number of sulfonamides is 1. The second-order valence-corrected chi connectivity index (χ2v) is 12.1. The number of nitrogens with zero attached hydrogens (tertiary/aromatic N) is 4. The van der Waals surface area contributed by atoms with Crippen LogP contribution in [0.5, 0.6) is 5.75 Å². The summed E-state index contributed by atoms with van der Waals surface area (Å²) < 4.78 is 34.1. The Morgan fingerprint density at radius 3 is 2.51 bits per heavy atom. The summed E-state index contributed by atoms with van der Waals surface area (Å²) in [5.74, 6) is 0.571. The second-order valence-electron chi connectivity index (χ2n) is 9.16. The summed E-state index contributed by atoms with van der Waals surface area (Å²) in [6.45, 7) is 5.27. The van der Waals surface area contributed by atoms with Crippen LogP contribution in [0.2, 0.25) is 0 Å². The van der Waals surface area contributed by atoms with E-state index in [0.29, 0.717) is 44.0 Å². The number of hydrogen-bond donors (Lipinski definition) is 0. The Bertz CT molecular complexity index is 1310. The molecule has 8 nitrogen and oxygen atoms in total. The van der Waals surface area contributed by atoms with Crippen molar-refractivity contribution in [1.29, 1.82) is 0 Å². The summed E-state index contributed by atoms with van der Waals surface area (Å²) in [6.07, 6.45) is 1.41. The molecular weight excluding hydrogens is 484 g/mol. The van der Waals surface area contributed by atoms with E-state index in [0.717, 1.165) is 33.1 Å². The van der Waals surface area contributed by atoms with E-state index in [-0.39, 0.29) is 18.4 Å². The minimum Gasteiger partial charge on any atom is -0.497 e. The molecular formula is C25H30N4O4S2. The van der Waals surface area contributed by atoms with Gasteiger partial charge in [0.05, 0.1) is 28.1 Å². The number of amides is 1. The van der Waals surface area contributed by atoms with Crippen LogP contribution in [0.4, 0.5) is 5.13 Å². The van der Waals surface area contributed by atoms with E-state index in [9.17, 15) is 13.2 Å². The van der Waals surface area contributed by atoms with Gasteiger partial charge >= 0.3 is 0 Å². The molecule has 35 heavy (non-hydrogen) atoms. The Morgan fingerprint density at radius 1 is 1.06 bits per heavy atom. The quantitative estimate of drug-likeness (QED) is 0.519. The van der Waals surface area contributed by atoms with Crippen LogP contribution < -0.4 is 9.64 Å². The lowest BCUT2D eigenvalue weighted by atomic mass is 9.98. The van der Waals surface area contributed by atoms with Crippen molar-refractivity contribution in [3.05, 3.63) is 48.0 Å². The molecule has 1 unspecified atom stereocenters. The summed E-state index contributed by atoms with van der Waals surface area (Å²) in [6, 6.07) is 12.8. The third-order valence-electron chi connectivity index (χ3n) is 6.84. The average Bonchev–Trinajstić information content (AvgIpc) is 3.32. The lowest BCUT2D eigenvalue weighted by molar-refractivity contribution is -0.137. The van der Waals surface area contributed by atoms with Crippen molar-refractivity contribution in [2.75, 3.05) is 51.3 Å². The molecule has 2 aliphatic rings. The number of ether oxygens (including phenoxy) is 1. The normalized spacial score (nSPS) is 19.8. The summed E-state index contributed by atoms with van der Waals surface area (Å²) in [5.41, 5.74) is 1.96. The van der Waals surface area contributed by atoms with Gasteiger partial charge in [-0.3, -0.25) is 4.79 Å². The first-order valence-electron chi connectivity index (χ1n) is 11.9. The fraction of sp³-hybridized carbons (Fsp3) is 0.440. The number of carbonyl (C=O) groups is 1. The van der Waals surface area contributed by atoms with Gasteiger partial charge in [-0.15, -0.1) is 0 Å². The van der Waals surface area contributed by atoms with Gasteiger partial charge in [0, 0.05) is 39.3 Å². The zero-order valence-electron chi connectivity index (χ0n) is 20.0. The van der Waals surface area contributed by atoms with Gasteiger partial charge in [0.15, 0.2) is 5.13 Å². The number of carbonyl (C=O) groups excluding carboxylic acids is 1. The highest BCUT2D eigenvalue weighted by Gasteiger charge is 2.36. The standard InChI is InChI=1S/C25H30N4O4S2/c1-18-5-8-21(9-6-18)35(31,32)29-11-3-4-19(17-29)24(30)27-12-14-28(15-13-27)25-26-22-10-7-20(33-2)16-23(22)34-25/h5-10,16,19H,3-4,11-15,17H2,1-2H3. The average molecular weight is 515 g/mol. The number of piperidine rings is 1. The third kappa shape index (κ3) is 4.87. The molecule has 1 atom stereocenters. The molecule has 1 aromatic heterocycles. The van der Waals surface area contributed by atoms with Crippen LogP contribution in [0, 0.1) is 12.8 Å². The molecule has 10 heteroatoms. The number of aromatic nitrogens is 1. The van der Waals surface area contributed by atoms with Gasteiger partial charge in [-0.2, -0.15) is 4.31 Å². The van der Waals surface area contributed by atoms with Gasteiger partial charge in [0.2, 0.25) is 15.9 Å². The van der Waals surface area contributed by atoms with Crippen molar-refractivity contribution >= 4 is 42.6 Å². The highest BCUT2D eigenvalue weighted by molar-refractivity contribution is 7.89. The van der Waals surface area contributed by atoms with Crippen LogP contribution in [-0.4, -0.2) is 74.9 Å². The summed E-state index contributed by atoms with van der Waals surface area (Å²) in [4.78, 5) is 22.5. The van der Waals surface area contributed by atoms with Crippen molar-refractivity contribution in [3.8, 4) is 5.75 Å². The van der Waals surface area contributed by atoms with Gasteiger partial charge in [-0.1, -0.05) is 29.0 Å². The van der Waals surface area contributed by atoms with Crippen LogP contribution in [0.25, 0.3) is 10.2 Å². The van der Waals surface area contributed by atoms with Gasteiger partial charge in [-0.25, -0.2) is 13.4 Å². The smallest absolute Gasteiger partial charge is 0.243 e. The Morgan fingerprint density at radius 2 is 1.80 bits per heavy atom. The molecule has 186 valence electrons. The first-order chi connectivity index (χ1) is 16.8. The lowest BCUT2D eigenvalue weighted by Gasteiger charge is -2.38. The maximum Gasteiger partial charge on any atom is 0.243 e. The Kier molecular flexibility index (Phi) is 6.69. The molecule has 3 aromatic rings. The Balaban J connectivity index is 1.21. The van der Waals surface area contributed by atoms with Gasteiger partial charge in [-0.05, 0) is 50.1 Å². The van der Waals surface area contributed by atoms with E-state index < -0.39 is 10.0 Å². The van der Waals surface area contributed by atoms with Gasteiger partial charge in [0.25, 0.3) is 0 Å². The SMILES string of the molecule is COc1ccc2nc(N3CCN(C(=O)C4CCCN(S(=O)(=O)c5ccc(C)cc5)C4)CC3)sc2c1. The van der Waals surface area contributed by atoms with E-state index in [1.54, 1.807) is 42.7 Å². The maximum atomic E-state index is 13.3. The number of benzene rings is 2. The topological polar surface area (TPSA) is 83.1 Å². The molecule has 0 saturated carbocycles. The summed E-state index contributed by atoms with van der Waals surface area (Å²) in [5, 5.41) is 0.952.